The number of carbonyl (C=O) groups is 2. The summed E-state index contributed by atoms with van der Waals surface area (Å²) in [7, 11) is 1.47. The molecule has 2 aliphatic heterocycles. The fourth-order valence-electron chi connectivity index (χ4n) is 3.82. The average Bonchev–Trinajstić information content (AvgIpc) is 3.44. The summed E-state index contributed by atoms with van der Waals surface area (Å²) in [5.41, 5.74) is 2.11. The maximum atomic E-state index is 12.9. The Bertz CT molecular complexity index is 1230. The molecule has 0 aromatic heterocycles. The molecule has 2 amide bonds. The average molecular weight is 568 g/mol. The van der Waals surface area contributed by atoms with Gasteiger partial charge in [0.15, 0.2) is 18.1 Å². The van der Waals surface area contributed by atoms with Crippen molar-refractivity contribution in [3.05, 3.63) is 56.4 Å². The zero-order valence-corrected chi connectivity index (χ0v) is 22.8. The molecule has 0 spiro atoms. The second-order valence-electron chi connectivity index (χ2n) is 8.26. The molecule has 2 aliphatic rings. The molecule has 1 N–H and O–H groups in total. The van der Waals surface area contributed by atoms with Gasteiger partial charge in [-0.25, -0.2) is 0 Å². The van der Waals surface area contributed by atoms with Gasteiger partial charge in [-0.1, -0.05) is 53.2 Å². The van der Waals surface area contributed by atoms with Crippen molar-refractivity contribution in [2.75, 3.05) is 32.2 Å². The lowest BCUT2D eigenvalue weighted by Crippen LogP contribution is -2.35. The van der Waals surface area contributed by atoms with Crippen molar-refractivity contribution in [2.24, 2.45) is 0 Å². The second kappa shape index (κ2) is 11.8. The highest BCUT2D eigenvalue weighted by molar-refractivity contribution is 8.26. The van der Waals surface area contributed by atoms with E-state index in [0.29, 0.717) is 44.4 Å². The van der Waals surface area contributed by atoms with E-state index in [9.17, 15) is 9.59 Å². The Labute approximate surface area is 229 Å². The van der Waals surface area contributed by atoms with Gasteiger partial charge in [-0.3, -0.25) is 14.5 Å². The van der Waals surface area contributed by atoms with Crippen molar-refractivity contribution in [2.45, 2.75) is 25.9 Å². The van der Waals surface area contributed by atoms with Crippen LogP contribution in [-0.4, -0.2) is 54.0 Å². The van der Waals surface area contributed by atoms with Gasteiger partial charge in [0.25, 0.3) is 11.8 Å². The van der Waals surface area contributed by atoms with E-state index in [0.717, 1.165) is 18.4 Å². The molecular weight excluding hydrogens is 543 g/mol. The van der Waals surface area contributed by atoms with E-state index in [4.69, 9.17) is 49.6 Å². The number of thioether (sulfide) groups is 1. The molecule has 2 saturated heterocycles. The number of rotatable bonds is 8. The minimum atomic E-state index is -0.377. The van der Waals surface area contributed by atoms with Crippen LogP contribution in [0.15, 0.2) is 35.2 Å². The number of halogens is 2. The van der Waals surface area contributed by atoms with Gasteiger partial charge in [0, 0.05) is 17.3 Å². The number of aryl methyl sites for hydroxylation is 1. The van der Waals surface area contributed by atoms with Crippen LogP contribution in [0.4, 0.5) is 5.69 Å². The predicted molar refractivity (Wildman–Crippen MR) is 147 cm³/mol. The van der Waals surface area contributed by atoms with Crippen LogP contribution in [0.25, 0.3) is 6.08 Å². The minimum absolute atomic E-state index is 0.0119. The number of hydrogen-bond donors (Lipinski definition) is 1. The first-order valence-electron chi connectivity index (χ1n) is 11.2. The first-order valence-corrected chi connectivity index (χ1v) is 13.2. The highest BCUT2D eigenvalue weighted by Crippen LogP contribution is 2.39. The van der Waals surface area contributed by atoms with Crippen molar-refractivity contribution >= 4 is 75.1 Å². The lowest BCUT2D eigenvalue weighted by atomic mass is 10.1. The number of amides is 2. The summed E-state index contributed by atoms with van der Waals surface area (Å²) in [6, 6.07) is 8.56. The van der Waals surface area contributed by atoms with E-state index >= 15 is 0 Å². The van der Waals surface area contributed by atoms with Gasteiger partial charge in [-0.05, 0) is 61.2 Å². The Balaban J connectivity index is 1.45. The smallest absolute Gasteiger partial charge is 0.266 e. The third-order valence-corrected chi connectivity index (χ3v) is 7.55. The van der Waals surface area contributed by atoms with Crippen LogP contribution in [0.1, 0.15) is 24.0 Å². The molecule has 2 aromatic rings. The Hall–Kier alpha value is -2.30. The molecule has 1 atom stereocenters. The number of thiocarbonyl (C=S) groups is 1. The molecule has 0 bridgehead atoms. The van der Waals surface area contributed by atoms with E-state index in [2.05, 4.69) is 5.32 Å². The van der Waals surface area contributed by atoms with Crippen LogP contribution in [0.3, 0.4) is 0 Å². The number of anilines is 1. The third kappa shape index (κ3) is 6.33. The van der Waals surface area contributed by atoms with E-state index in [-0.39, 0.29) is 35.3 Å². The fourth-order valence-corrected chi connectivity index (χ4v) is 5.54. The van der Waals surface area contributed by atoms with Crippen molar-refractivity contribution in [1.82, 2.24) is 4.90 Å². The number of methoxy groups -OCH3 is 1. The molecule has 36 heavy (non-hydrogen) atoms. The van der Waals surface area contributed by atoms with Crippen molar-refractivity contribution in [3.63, 3.8) is 0 Å². The van der Waals surface area contributed by atoms with Crippen molar-refractivity contribution in [3.8, 4) is 11.5 Å². The van der Waals surface area contributed by atoms with Crippen LogP contribution < -0.4 is 14.8 Å². The van der Waals surface area contributed by atoms with Gasteiger partial charge in [-0.15, -0.1) is 0 Å². The molecule has 0 saturated carbocycles. The number of nitrogens with zero attached hydrogens (tertiary/aromatic N) is 1. The molecule has 7 nitrogen and oxygen atoms in total. The quantitative estimate of drug-likeness (QED) is 0.324. The first kappa shape index (κ1) is 26.8. The minimum Gasteiger partial charge on any atom is -0.493 e. The number of hydrogen-bond acceptors (Lipinski definition) is 7. The van der Waals surface area contributed by atoms with Crippen LogP contribution >= 0.6 is 47.2 Å². The monoisotopic (exact) mass is 566 g/mol. The Morgan fingerprint density at radius 3 is 2.86 bits per heavy atom. The topological polar surface area (TPSA) is 77.1 Å². The van der Waals surface area contributed by atoms with E-state index in [1.54, 1.807) is 35.2 Å². The number of carbonyl (C=O) groups excluding carboxylic acids is 2. The molecule has 4 rings (SSSR count). The summed E-state index contributed by atoms with van der Waals surface area (Å²) in [5.74, 6) is 0.0110. The molecule has 2 heterocycles. The Kier molecular flexibility index (Phi) is 8.79. The highest BCUT2D eigenvalue weighted by atomic mass is 35.5. The zero-order chi connectivity index (χ0) is 25.8. The zero-order valence-electron chi connectivity index (χ0n) is 19.6. The SMILES string of the molecule is COc1cc(/C=C2\SC(=S)N(C[C@@H]3CCCO3)C2=O)cc(Cl)c1OCC(=O)Nc1cc(Cl)ccc1C. The lowest BCUT2D eigenvalue weighted by Gasteiger charge is -2.18. The normalized spacial score (nSPS) is 18.7. The molecule has 0 unspecified atom stereocenters. The van der Waals surface area contributed by atoms with Gasteiger partial charge in [-0.2, -0.15) is 0 Å². The van der Waals surface area contributed by atoms with E-state index in [1.807, 2.05) is 13.0 Å². The van der Waals surface area contributed by atoms with E-state index < -0.39 is 0 Å². The second-order valence-corrected chi connectivity index (χ2v) is 10.8. The third-order valence-electron chi connectivity index (χ3n) is 5.65. The maximum absolute atomic E-state index is 12.9. The number of ether oxygens (including phenoxy) is 3. The van der Waals surface area contributed by atoms with Crippen molar-refractivity contribution < 1.29 is 23.8 Å². The highest BCUT2D eigenvalue weighted by Gasteiger charge is 2.34. The standard InChI is InChI=1S/C25H24Cl2N2O5S2/c1-14-5-6-16(26)11-19(14)28-22(30)13-34-23-18(27)8-15(9-20(23)32-2)10-21-24(31)29(25(35)36-21)12-17-4-3-7-33-17/h5-6,8-11,17H,3-4,7,12-13H2,1-2H3,(H,28,30)/b21-10-/t17-/m0/s1. The molecule has 2 fully saturated rings. The molecule has 0 aliphatic carbocycles. The number of nitrogens with one attached hydrogen (secondary N) is 1. The summed E-state index contributed by atoms with van der Waals surface area (Å²) in [6.45, 7) is 2.74. The van der Waals surface area contributed by atoms with Crippen LogP contribution in [0.2, 0.25) is 10.0 Å². The van der Waals surface area contributed by atoms with Crippen LogP contribution in [0.5, 0.6) is 11.5 Å². The molecule has 2 aromatic carbocycles. The van der Waals surface area contributed by atoms with Crippen LogP contribution in [-0.2, 0) is 14.3 Å². The molecule has 190 valence electrons. The predicted octanol–water partition coefficient (Wildman–Crippen LogP) is 5.71. The van der Waals surface area contributed by atoms with Gasteiger partial charge in [0.05, 0.1) is 29.7 Å². The first-order chi connectivity index (χ1) is 17.2. The van der Waals surface area contributed by atoms with Gasteiger partial charge in [0.2, 0.25) is 0 Å². The molecule has 11 heteroatoms. The summed E-state index contributed by atoms with van der Waals surface area (Å²) in [5, 5.41) is 3.52. The summed E-state index contributed by atoms with van der Waals surface area (Å²) in [4.78, 5) is 27.4. The Morgan fingerprint density at radius 1 is 1.33 bits per heavy atom. The van der Waals surface area contributed by atoms with Crippen LogP contribution in [0, 0.1) is 6.92 Å². The molecular formula is C25H24Cl2N2O5S2. The van der Waals surface area contributed by atoms with Gasteiger partial charge < -0.3 is 19.5 Å². The summed E-state index contributed by atoms with van der Waals surface area (Å²) in [6.07, 6.45) is 3.63. The Morgan fingerprint density at radius 2 is 2.14 bits per heavy atom. The van der Waals surface area contributed by atoms with Gasteiger partial charge in [0.1, 0.15) is 4.32 Å². The fraction of sp³-hybridized carbons (Fsp3) is 0.320. The number of benzene rings is 2. The van der Waals surface area contributed by atoms with E-state index in [1.165, 1.54) is 18.9 Å². The van der Waals surface area contributed by atoms with Crippen molar-refractivity contribution in [1.29, 1.82) is 0 Å². The lowest BCUT2D eigenvalue weighted by molar-refractivity contribution is -0.123. The van der Waals surface area contributed by atoms with Gasteiger partial charge >= 0.3 is 0 Å². The summed E-state index contributed by atoms with van der Waals surface area (Å²) >= 11 is 19.1. The molecule has 0 radical (unpaired) electrons. The largest absolute Gasteiger partial charge is 0.493 e. The maximum Gasteiger partial charge on any atom is 0.266 e. The summed E-state index contributed by atoms with van der Waals surface area (Å²) < 4.78 is 17.3.